The number of carbonyl (C=O) groups is 2. The second-order valence-electron chi connectivity index (χ2n) is 6.81. The summed E-state index contributed by atoms with van der Waals surface area (Å²) in [6.45, 7) is 2.56. The maximum Gasteiger partial charge on any atom is 0.255 e. The first-order chi connectivity index (χ1) is 12.7. The van der Waals surface area contributed by atoms with E-state index in [1.54, 1.807) is 7.11 Å². The average Bonchev–Trinajstić information content (AvgIpc) is 2.98. The molecule has 2 fully saturated rings. The minimum Gasteiger partial charge on any atom is -0.383 e. The third kappa shape index (κ3) is 4.99. The van der Waals surface area contributed by atoms with E-state index >= 15 is 0 Å². The normalized spacial score (nSPS) is 22.1. The zero-order chi connectivity index (χ0) is 18.4. The molecule has 6 nitrogen and oxygen atoms in total. The van der Waals surface area contributed by atoms with E-state index in [0.717, 1.165) is 30.8 Å². The van der Waals surface area contributed by atoms with Gasteiger partial charge in [-0.3, -0.25) is 9.59 Å². The lowest BCUT2D eigenvalue weighted by atomic mass is 10.1. The smallest absolute Gasteiger partial charge is 0.255 e. The Labute approximate surface area is 159 Å². The van der Waals surface area contributed by atoms with Gasteiger partial charge in [-0.1, -0.05) is 12.1 Å². The lowest BCUT2D eigenvalue weighted by Crippen LogP contribution is -2.39. The summed E-state index contributed by atoms with van der Waals surface area (Å²) >= 11 is 1.41. The zero-order valence-corrected chi connectivity index (χ0v) is 16.0. The van der Waals surface area contributed by atoms with Crippen LogP contribution < -0.4 is 10.6 Å². The molecule has 2 saturated heterocycles. The van der Waals surface area contributed by atoms with Crippen LogP contribution >= 0.6 is 11.8 Å². The van der Waals surface area contributed by atoms with Crippen molar-refractivity contribution < 1.29 is 14.3 Å². The SMILES string of the molecule is COCCNC(=O)CSc1ccccc1C(=O)N1CCC2CCC(C1)N2. The molecule has 3 rings (SSSR count). The lowest BCUT2D eigenvalue weighted by Gasteiger charge is -2.25. The molecule has 2 amide bonds. The zero-order valence-electron chi connectivity index (χ0n) is 15.2. The van der Waals surface area contributed by atoms with Crippen molar-refractivity contribution in [2.75, 3.05) is 39.1 Å². The van der Waals surface area contributed by atoms with E-state index < -0.39 is 0 Å². The van der Waals surface area contributed by atoms with Crippen molar-refractivity contribution in [2.24, 2.45) is 0 Å². The molecule has 0 aromatic heterocycles. The Morgan fingerprint density at radius 1 is 1.27 bits per heavy atom. The van der Waals surface area contributed by atoms with Crippen LogP contribution in [-0.2, 0) is 9.53 Å². The highest BCUT2D eigenvalue weighted by atomic mass is 32.2. The second-order valence-corrected chi connectivity index (χ2v) is 7.82. The number of amides is 2. The van der Waals surface area contributed by atoms with Crippen molar-refractivity contribution in [3.8, 4) is 0 Å². The third-order valence-corrected chi connectivity index (χ3v) is 5.99. The van der Waals surface area contributed by atoms with Crippen LogP contribution in [0.3, 0.4) is 0 Å². The molecule has 1 aromatic rings. The van der Waals surface area contributed by atoms with Crippen LogP contribution in [0.25, 0.3) is 0 Å². The van der Waals surface area contributed by atoms with Crippen LogP contribution in [0.2, 0.25) is 0 Å². The summed E-state index contributed by atoms with van der Waals surface area (Å²) in [5.74, 6) is 0.313. The molecule has 0 saturated carbocycles. The van der Waals surface area contributed by atoms with Gasteiger partial charge in [-0.15, -0.1) is 11.8 Å². The Morgan fingerprint density at radius 3 is 2.92 bits per heavy atom. The molecule has 2 N–H and O–H groups in total. The van der Waals surface area contributed by atoms with Gasteiger partial charge < -0.3 is 20.3 Å². The summed E-state index contributed by atoms with van der Waals surface area (Å²) in [5, 5.41) is 6.41. The molecular formula is C19H27N3O3S. The molecular weight excluding hydrogens is 350 g/mol. The van der Waals surface area contributed by atoms with E-state index in [2.05, 4.69) is 10.6 Å². The number of hydrogen-bond donors (Lipinski definition) is 2. The topological polar surface area (TPSA) is 70.7 Å². The molecule has 2 aliphatic rings. The minimum atomic E-state index is -0.0504. The molecule has 0 aliphatic carbocycles. The molecule has 0 spiro atoms. The number of likely N-dealkylation sites (tertiary alicyclic amines) is 1. The summed E-state index contributed by atoms with van der Waals surface area (Å²) in [4.78, 5) is 27.8. The van der Waals surface area contributed by atoms with E-state index in [9.17, 15) is 9.59 Å². The van der Waals surface area contributed by atoms with Crippen LogP contribution in [0.4, 0.5) is 0 Å². The predicted molar refractivity (Wildman–Crippen MR) is 103 cm³/mol. The van der Waals surface area contributed by atoms with Crippen molar-refractivity contribution in [1.29, 1.82) is 0 Å². The molecule has 2 heterocycles. The van der Waals surface area contributed by atoms with Crippen LogP contribution in [0.1, 0.15) is 29.6 Å². The number of rotatable bonds is 7. The van der Waals surface area contributed by atoms with E-state index in [4.69, 9.17) is 4.74 Å². The average molecular weight is 378 g/mol. The van der Waals surface area contributed by atoms with Crippen LogP contribution in [0.5, 0.6) is 0 Å². The highest BCUT2D eigenvalue weighted by Gasteiger charge is 2.32. The largest absolute Gasteiger partial charge is 0.383 e. The monoisotopic (exact) mass is 377 g/mol. The van der Waals surface area contributed by atoms with Gasteiger partial charge in [0.1, 0.15) is 0 Å². The Hall–Kier alpha value is -1.57. The quantitative estimate of drug-likeness (QED) is 0.557. The lowest BCUT2D eigenvalue weighted by molar-refractivity contribution is -0.118. The molecule has 26 heavy (non-hydrogen) atoms. The molecule has 2 unspecified atom stereocenters. The number of fused-ring (bicyclic) bond motifs is 2. The summed E-state index contributed by atoms with van der Waals surface area (Å²) in [5.41, 5.74) is 0.694. The number of thioether (sulfide) groups is 1. The van der Waals surface area contributed by atoms with Crippen molar-refractivity contribution in [3.05, 3.63) is 29.8 Å². The number of benzene rings is 1. The van der Waals surface area contributed by atoms with Gasteiger partial charge in [0.2, 0.25) is 5.91 Å². The Morgan fingerprint density at radius 2 is 2.08 bits per heavy atom. The van der Waals surface area contributed by atoms with Crippen LogP contribution in [0, 0.1) is 0 Å². The van der Waals surface area contributed by atoms with E-state index in [-0.39, 0.29) is 11.8 Å². The van der Waals surface area contributed by atoms with Gasteiger partial charge in [-0.05, 0) is 31.4 Å². The maximum atomic E-state index is 13.1. The van der Waals surface area contributed by atoms with Crippen LogP contribution in [0.15, 0.2) is 29.2 Å². The summed E-state index contributed by atoms with van der Waals surface area (Å²) < 4.78 is 4.93. The summed E-state index contributed by atoms with van der Waals surface area (Å²) in [6, 6.07) is 8.55. The third-order valence-electron chi connectivity index (χ3n) is 4.92. The number of ether oxygens (including phenoxy) is 1. The fraction of sp³-hybridized carbons (Fsp3) is 0.579. The highest BCUT2D eigenvalue weighted by molar-refractivity contribution is 8.00. The van der Waals surface area contributed by atoms with Gasteiger partial charge in [0.05, 0.1) is 17.9 Å². The molecule has 7 heteroatoms. The van der Waals surface area contributed by atoms with Crippen LogP contribution in [-0.4, -0.2) is 67.9 Å². The first-order valence-corrected chi connectivity index (χ1v) is 10.2. The van der Waals surface area contributed by atoms with Gasteiger partial charge in [0.15, 0.2) is 0 Å². The van der Waals surface area contributed by atoms with Crippen molar-refractivity contribution in [3.63, 3.8) is 0 Å². The standard InChI is InChI=1S/C19H27N3O3S/c1-25-11-9-20-18(23)13-26-17-5-3-2-4-16(17)19(24)22-10-8-14-6-7-15(12-22)21-14/h2-5,14-15,21H,6-13H2,1H3,(H,20,23). The number of nitrogens with zero attached hydrogens (tertiary/aromatic N) is 1. The molecule has 2 atom stereocenters. The first-order valence-electron chi connectivity index (χ1n) is 9.20. The Kier molecular flexibility index (Phi) is 6.93. The fourth-order valence-corrected chi connectivity index (χ4v) is 4.43. The number of carbonyl (C=O) groups excluding carboxylic acids is 2. The second kappa shape index (κ2) is 9.39. The predicted octanol–water partition coefficient (Wildman–Crippen LogP) is 1.51. The van der Waals surface area contributed by atoms with Crippen molar-refractivity contribution in [2.45, 2.75) is 36.2 Å². The molecule has 1 aromatic carbocycles. The summed E-state index contributed by atoms with van der Waals surface area (Å²) in [7, 11) is 1.60. The highest BCUT2D eigenvalue weighted by Crippen LogP contribution is 2.26. The van der Waals surface area contributed by atoms with Gasteiger partial charge in [0, 0.05) is 43.7 Å². The Bertz CT molecular complexity index is 640. The van der Waals surface area contributed by atoms with Gasteiger partial charge in [-0.25, -0.2) is 0 Å². The first kappa shape index (κ1) is 19.2. The van der Waals surface area contributed by atoms with Crippen molar-refractivity contribution in [1.82, 2.24) is 15.5 Å². The van der Waals surface area contributed by atoms with E-state index in [0.29, 0.717) is 36.6 Å². The van der Waals surface area contributed by atoms with E-state index in [1.165, 1.54) is 18.2 Å². The minimum absolute atomic E-state index is 0.0504. The van der Waals surface area contributed by atoms with Crippen molar-refractivity contribution >= 4 is 23.6 Å². The van der Waals surface area contributed by atoms with E-state index in [1.807, 2.05) is 29.2 Å². The molecule has 0 radical (unpaired) electrons. The number of methoxy groups -OCH3 is 1. The maximum absolute atomic E-state index is 13.1. The number of nitrogens with one attached hydrogen (secondary N) is 2. The molecule has 2 aliphatic heterocycles. The molecule has 142 valence electrons. The fourth-order valence-electron chi connectivity index (χ4n) is 3.55. The Balaban J connectivity index is 1.61. The molecule has 2 bridgehead atoms. The summed E-state index contributed by atoms with van der Waals surface area (Å²) in [6.07, 6.45) is 3.38. The van der Waals surface area contributed by atoms with Gasteiger partial charge in [0.25, 0.3) is 5.91 Å². The number of hydrogen-bond acceptors (Lipinski definition) is 5. The van der Waals surface area contributed by atoms with Gasteiger partial charge in [-0.2, -0.15) is 0 Å². The van der Waals surface area contributed by atoms with Gasteiger partial charge >= 0.3 is 0 Å².